The van der Waals surface area contributed by atoms with Crippen LogP contribution in [0.25, 0.3) is 0 Å². The first-order valence-corrected chi connectivity index (χ1v) is 3.22. The van der Waals surface area contributed by atoms with E-state index in [1.807, 2.05) is 6.07 Å². The van der Waals surface area contributed by atoms with E-state index in [2.05, 4.69) is 10.3 Å². The van der Waals surface area contributed by atoms with Gasteiger partial charge >= 0.3 is 0 Å². The lowest BCUT2D eigenvalue weighted by Crippen LogP contribution is -2.00. The number of rotatable bonds is 3. The van der Waals surface area contributed by atoms with Crippen molar-refractivity contribution >= 4 is 12.2 Å². The molecule has 1 rings (SSSR count). The van der Waals surface area contributed by atoms with Crippen LogP contribution in [0.1, 0.15) is 5.56 Å². The second-order valence-electron chi connectivity index (χ2n) is 2.02. The van der Waals surface area contributed by atoms with Gasteiger partial charge in [-0.1, -0.05) is 6.07 Å². The third-order valence-electron chi connectivity index (χ3n) is 1.27. The topological polar surface area (TPSA) is 68.0 Å². The molecule has 0 aliphatic carbocycles. The van der Waals surface area contributed by atoms with E-state index in [0.29, 0.717) is 18.8 Å². The lowest BCUT2D eigenvalue weighted by molar-refractivity contribution is -0.105. The highest BCUT2D eigenvalue weighted by molar-refractivity contribution is 5.68. The first kappa shape index (κ1) is 7.68. The molecular formula is C7H9N3O. The Kier molecular flexibility index (Phi) is 2.57. The highest BCUT2D eigenvalue weighted by Gasteiger charge is 1.91. The van der Waals surface area contributed by atoms with Crippen LogP contribution in [0.5, 0.6) is 0 Å². The van der Waals surface area contributed by atoms with E-state index >= 15 is 0 Å². The molecule has 1 heterocycles. The molecule has 0 unspecified atom stereocenters. The number of carbonyl (C=O) groups excluding carboxylic acids is 1. The minimum absolute atomic E-state index is 0.467. The lowest BCUT2D eigenvalue weighted by Gasteiger charge is -1.97. The second-order valence-corrected chi connectivity index (χ2v) is 2.02. The molecule has 0 spiro atoms. The zero-order valence-electron chi connectivity index (χ0n) is 5.95. The molecule has 0 radical (unpaired) electrons. The fourth-order valence-electron chi connectivity index (χ4n) is 0.691. The Morgan fingerprint density at radius 1 is 1.64 bits per heavy atom. The Morgan fingerprint density at radius 3 is 2.91 bits per heavy atom. The number of anilines is 1. The van der Waals surface area contributed by atoms with Gasteiger partial charge in [0, 0.05) is 12.7 Å². The highest BCUT2D eigenvalue weighted by atomic mass is 16.1. The van der Waals surface area contributed by atoms with Crippen LogP contribution >= 0.6 is 0 Å². The predicted octanol–water partition coefficient (Wildman–Crippen LogP) is 0.109. The Morgan fingerprint density at radius 2 is 2.45 bits per heavy atom. The Balaban J connectivity index is 2.74. The van der Waals surface area contributed by atoms with Crippen molar-refractivity contribution in [1.29, 1.82) is 0 Å². The maximum absolute atomic E-state index is 9.95. The maximum Gasteiger partial charge on any atom is 0.212 e. The van der Waals surface area contributed by atoms with E-state index in [1.54, 1.807) is 12.3 Å². The van der Waals surface area contributed by atoms with Gasteiger partial charge in [-0.25, -0.2) is 4.98 Å². The molecule has 0 aliphatic rings. The van der Waals surface area contributed by atoms with E-state index in [0.717, 1.165) is 5.56 Å². The molecule has 11 heavy (non-hydrogen) atoms. The summed E-state index contributed by atoms with van der Waals surface area (Å²) >= 11 is 0. The zero-order chi connectivity index (χ0) is 8.10. The van der Waals surface area contributed by atoms with Crippen LogP contribution in [0.3, 0.4) is 0 Å². The first-order valence-electron chi connectivity index (χ1n) is 3.22. The summed E-state index contributed by atoms with van der Waals surface area (Å²) < 4.78 is 0. The molecule has 1 aromatic rings. The summed E-state index contributed by atoms with van der Waals surface area (Å²) in [6.07, 6.45) is 2.22. The number of pyridine rings is 1. The number of hydrogen-bond acceptors (Lipinski definition) is 3. The summed E-state index contributed by atoms with van der Waals surface area (Å²) in [5.41, 5.74) is 6.29. The van der Waals surface area contributed by atoms with Gasteiger partial charge in [0.2, 0.25) is 6.41 Å². The Bertz CT molecular complexity index is 232. The quantitative estimate of drug-likeness (QED) is 0.602. The van der Waals surface area contributed by atoms with Crippen molar-refractivity contribution in [2.75, 3.05) is 5.32 Å². The average molecular weight is 151 g/mol. The fraction of sp³-hybridized carbons (Fsp3) is 0.143. The minimum Gasteiger partial charge on any atom is -0.326 e. The average Bonchev–Trinajstić information content (AvgIpc) is 2.07. The van der Waals surface area contributed by atoms with Gasteiger partial charge in [-0.2, -0.15) is 0 Å². The molecule has 0 fully saturated rings. The van der Waals surface area contributed by atoms with Gasteiger partial charge in [-0.3, -0.25) is 4.79 Å². The van der Waals surface area contributed by atoms with Crippen molar-refractivity contribution in [3.63, 3.8) is 0 Å². The van der Waals surface area contributed by atoms with Crippen LogP contribution in [-0.4, -0.2) is 11.4 Å². The van der Waals surface area contributed by atoms with Crippen LogP contribution in [0.15, 0.2) is 18.3 Å². The third kappa shape index (κ3) is 2.01. The minimum atomic E-state index is 0.467. The normalized spacial score (nSPS) is 9.18. The van der Waals surface area contributed by atoms with Gasteiger partial charge in [0.15, 0.2) is 0 Å². The van der Waals surface area contributed by atoms with E-state index in [9.17, 15) is 4.79 Å². The zero-order valence-corrected chi connectivity index (χ0v) is 5.95. The van der Waals surface area contributed by atoms with Crippen LogP contribution in [0, 0.1) is 0 Å². The van der Waals surface area contributed by atoms with Crippen molar-refractivity contribution in [3.8, 4) is 0 Å². The summed E-state index contributed by atoms with van der Waals surface area (Å²) in [6, 6.07) is 3.52. The number of nitrogens with one attached hydrogen (secondary N) is 1. The highest BCUT2D eigenvalue weighted by Crippen LogP contribution is 2.02. The van der Waals surface area contributed by atoms with Gasteiger partial charge in [-0.05, 0) is 11.6 Å². The van der Waals surface area contributed by atoms with Crippen molar-refractivity contribution in [1.82, 2.24) is 4.98 Å². The number of aromatic nitrogens is 1. The summed E-state index contributed by atoms with van der Waals surface area (Å²) in [5, 5.41) is 2.43. The van der Waals surface area contributed by atoms with Crippen molar-refractivity contribution in [2.24, 2.45) is 5.73 Å². The standard InChI is InChI=1S/C7H9N3O/c8-3-6-1-2-7(9-4-6)10-5-11/h1-2,4-5H,3,8H2,(H,9,10,11). The SMILES string of the molecule is NCc1ccc(NC=O)nc1. The van der Waals surface area contributed by atoms with Crippen molar-refractivity contribution in [2.45, 2.75) is 6.54 Å². The lowest BCUT2D eigenvalue weighted by atomic mass is 10.3. The summed E-state index contributed by atoms with van der Waals surface area (Å²) in [4.78, 5) is 13.9. The Labute approximate surface area is 64.4 Å². The maximum atomic E-state index is 9.95. The smallest absolute Gasteiger partial charge is 0.212 e. The van der Waals surface area contributed by atoms with Gasteiger partial charge in [0.25, 0.3) is 0 Å². The number of amides is 1. The molecule has 4 heteroatoms. The molecule has 0 saturated carbocycles. The van der Waals surface area contributed by atoms with E-state index < -0.39 is 0 Å². The number of nitrogens with two attached hydrogens (primary N) is 1. The van der Waals surface area contributed by atoms with Gasteiger partial charge in [-0.15, -0.1) is 0 Å². The predicted molar refractivity (Wildman–Crippen MR) is 41.8 cm³/mol. The Hall–Kier alpha value is -1.42. The summed E-state index contributed by atoms with van der Waals surface area (Å²) in [5.74, 6) is 0.539. The first-order chi connectivity index (χ1) is 5.36. The van der Waals surface area contributed by atoms with Gasteiger partial charge in [0.05, 0.1) is 0 Å². The molecule has 3 N–H and O–H groups in total. The molecular weight excluding hydrogens is 142 g/mol. The van der Waals surface area contributed by atoms with Gasteiger partial charge in [0.1, 0.15) is 5.82 Å². The van der Waals surface area contributed by atoms with Crippen LogP contribution < -0.4 is 11.1 Å². The largest absolute Gasteiger partial charge is 0.326 e. The molecule has 0 atom stereocenters. The van der Waals surface area contributed by atoms with E-state index in [-0.39, 0.29) is 0 Å². The van der Waals surface area contributed by atoms with Crippen LogP contribution in [0.2, 0.25) is 0 Å². The van der Waals surface area contributed by atoms with Crippen LogP contribution in [-0.2, 0) is 11.3 Å². The molecule has 1 aromatic heterocycles. The molecule has 4 nitrogen and oxygen atoms in total. The number of hydrogen-bond donors (Lipinski definition) is 2. The van der Waals surface area contributed by atoms with Crippen LogP contribution in [0.4, 0.5) is 5.82 Å². The molecule has 0 aliphatic heterocycles. The third-order valence-corrected chi connectivity index (χ3v) is 1.27. The van der Waals surface area contributed by atoms with E-state index in [1.165, 1.54) is 0 Å². The second kappa shape index (κ2) is 3.68. The number of carbonyl (C=O) groups is 1. The molecule has 1 amide bonds. The van der Waals surface area contributed by atoms with E-state index in [4.69, 9.17) is 5.73 Å². The number of nitrogens with zero attached hydrogens (tertiary/aromatic N) is 1. The molecule has 0 aromatic carbocycles. The summed E-state index contributed by atoms with van der Waals surface area (Å²) in [6.45, 7) is 0.467. The van der Waals surface area contributed by atoms with Crippen molar-refractivity contribution < 1.29 is 4.79 Å². The fourth-order valence-corrected chi connectivity index (χ4v) is 0.691. The summed E-state index contributed by atoms with van der Waals surface area (Å²) in [7, 11) is 0. The molecule has 58 valence electrons. The monoisotopic (exact) mass is 151 g/mol. The molecule has 0 saturated heterocycles. The van der Waals surface area contributed by atoms with Gasteiger partial charge < -0.3 is 11.1 Å². The van der Waals surface area contributed by atoms with Crippen molar-refractivity contribution in [3.05, 3.63) is 23.9 Å². The molecule has 0 bridgehead atoms.